The lowest BCUT2D eigenvalue weighted by Gasteiger charge is -2.11. The highest BCUT2D eigenvalue weighted by Gasteiger charge is 2.18. The molecule has 0 unspecified atom stereocenters. The Hall–Kier alpha value is -3.67. The lowest BCUT2D eigenvalue weighted by molar-refractivity contribution is 0.271. The van der Waals surface area contributed by atoms with E-state index in [2.05, 4.69) is 24.4 Å². The highest BCUT2D eigenvalue weighted by molar-refractivity contribution is 6.18. The molecule has 0 amide bonds. The van der Waals surface area contributed by atoms with Gasteiger partial charge in [0.05, 0.1) is 19.4 Å². The van der Waals surface area contributed by atoms with Crippen molar-refractivity contribution in [1.29, 1.82) is 0 Å². The van der Waals surface area contributed by atoms with Crippen LogP contribution in [0.2, 0.25) is 0 Å². The van der Waals surface area contributed by atoms with Crippen molar-refractivity contribution in [2.24, 2.45) is 16.0 Å². The van der Waals surface area contributed by atoms with E-state index in [1.165, 1.54) is 12.1 Å². The fraction of sp³-hybridized carbons (Fsp3) is 0.200. The van der Waals surface area contributed by atoms with Gasteiger partial charge in [-0.25, -0.2) is 9.38 Å². The minimum absolute atomic E-state index is 0.299. The summed E-state index contributed by atoms with van der Waals surface area (Å²) in [6.45, 7) is 4.89. The molecule has 4 rings (SSSR count). The number of hydrogen-bond donors (Lipinski definition) is 1. The van der Waals surface area contributed by atoms with Crippen LogP contribution in [0.15, 0.2) is 76.8 Å². The molecular weight excluding hydrogens is 393 g/mol. The molecule has 158 valence electrons. The van der Waals surface area contributed by atoms with E-state index in [1.807, 2.05) is 42.5 Å². The summed E-state index contributed by atoms with van der Waals surface area (Å²) in [5.74, 6) is 2.22. The van der Waals surface area contributed by atoms with Gasteiger partial charge in [-0.15, -0.1) is 0 Å². The van der Waals surface area contributed by atoms with Gasteiger partial charge < -0.3 is 9.47 Å². The maximum Gasteiger partial charge on any atom is 0.154 e. The Balaban J connectivity index is 1.73. The van der Waals surface area contributed by atoms with Crippen LogP contribution in [0.3, 0.4) is 0 Å². The molecule has 6 heteroatoms. The molecule has 5 nitrogen and oxygen atoms in total. The number of amidine groups is 1. The summed E-state index contributed by atoms with van der Waals surface area (Å²) in [7, 11) is 1.63. The van der Waals surface area contributed by atoms with Crippen LogP contribution >= 0.6 is 0 Å². The number of halogens is 1. The predicted molar refractivity (Wildman–Crippen MR) is 121 cm³/mol. The fourth-order valence-corrected chi connectivity index (χ4v) is 3.17. The molecular formula is C25H24FN3O2. The zero-order valence-electron chi connectivity index (χ0n) is 17.7. The molecule has 0 bridgehead atoms. The van der Waals surface area contributed by atoms with Crippen LogP contribution in [-0.2, 0) is 0 Å². The third-order valence-corrected chi connectivity index (χ3v) is 4.79. The van der Waals surface area contributed by atoms with Gasteiger partial charge >= 0.3 is 0 Å². The molecule has 0 spiro atoms. The molecule has 1 aliphatic heterocycles. The Morgan fingerprint density at radius 1 is 0.903 bits per heavy atom. The van der Waals surface area contributed by atoms with Crippen molar-refractivity contribution in [1.82, 2.24) is 5.43 Å². The topological polar surface area (TPSA) is 55.2 Å². The maximum atomic E-state index is 13.4. The lowest BCUT2D eigenvalue weighted by Crippen LogP contribution is -2.19. The molecule has 0 saturated carbocycles. The third kappa shape index (κ3) is 4.74. The fourth-order valence-electron chi connectivity index (χ4n) is 3.17. The van der Waals surface area contributed by atoms with Gasteiger partial charge in [-0.1, -0.05) is 13.8 Å². The third-order valence-electron chi connectivity index (χ3n) is 4.79. The number of nitrogens with zero attached hydrogens (tertiary/aromatic N) is 2. The summed E-state index contributed by atoms with van der Waals surface area (Å²) in [5, 5.41) is 4.64. The molecule has 31 heavy (non-hydrogen) atoms. The van der Waals surface area contributed by atoms with Gasteiger partial charge in [-0.05, 0) is 72.6 Å². The molecule has 0 aromatic heterocycles. The maximum absolute atomic E-state index is 13.4. The first kappa shape index (κ1) is 20.6. The first-order valence-electron chi connectivity index (χ1n) is 10.1. The van der Waals surface area contributed by atoms with E-state index < -0.39 is 0 Å². The summed E-state index contributed by atoms with van der Waals surface area (Å²) in [4.78, 5) is 4.74. The van der Waals surface area contributed by atoms with E-state index in [0.29, 0.717) is 24.1 Å². The van der Waals surface area contributed by atoms with Crippen molar-refractivity contribution < 1.29 is 13.9 Å². The SMILES string of the molecule is COc1ccc2c(c1)C(c1ccc(OCC(C)C)cc1)=NNC(c1ccc(F)cc1)=N2. The second-order valence-electron chi connectivity index (χ2n) is 7.65. The molecule has 3 aromatic rings. The van der Waals surface area contributed by atoms with Crippen LogP contribution in [0.25, 0.3) is 0 Å². The smallest absolute Gasteiger partial charge is 0.154 e. The van der Waals surface area contributed by atoms with Gasteiger partial charge in [0.2, 0.25) is 0 Å². The Bertz CT molecular complexity index is 1120. The van der Waals surface area contributed by atoms with Crippen LogP contribution in [0, 0.1) is 11.7 Å². The van der Waals surface area contributed by atoms with Gasteiger partial charge in [0.25, 0.3) is 0 Å². The van der Waals surface area contributed by atoms with Gasteiger partial charge in [0.15, 0.2) is 5.84 Å². The molecule has 3 aromatic carbocycles. The zero-order valence-corrected chi connectivity index (χ0v) is 17.7. The largest absolute Gasteiger partial charge is 0.497 e. The number of hydrogen-bond acceptors (Lipinski definition) is 5. The summed E-state index contributed by atoms with van der Waals surface area (Å²) >= 11 is 0. The van der Waals surface area contributed by atoms with Gasteiger partial charge in [0.1, 0.15) is 23.0 Å². The molecule has 0 fully saturated rings. The van der Waals surface area contributed by atoms with Gasteiger partial charge in [-0.3, -0.25) is 5.43 Å². The van der Waals surface area contributed by atoms with Gasteiger partial charge in [0, 0.05) is 16.7 Å². The Labute approximate surface area is 181 Å². The molecule has 0 saturated heterocycles. The lowest BCUT2D eigenvalue weighted by atomic mass is 10.0. The normalized spacial score (nSPS) is 12.9. The van der Waals surface area contributed by atoms with Crippen molar-refractivity contribution >= 4 is 17.2 Å². The number of benzene rings is 3. The zero-order chi connectivity index (χ0) is 21.8. The second kappa shape index (κ2) is 9.00. The Morgan fingerprint density at radius 2 is 1.58 bits per heavy atom. The quantitative estimate of drug-likeness (QED) is 0.592. The summed E-state index contributed by atoms with van der Waals surface area (Å²) in [6, 6.07) is 19.6. The van der Waals surface area contributed by atoms with E-state index >= 15 is 0 Å². The number of nitrogens with one attached hydrogen (secondary N) is 1. The van der Waals surface area contributed by atoms with E-state index in [9.17, 15) is 4.39 Å². The van der Waals surface area contributed by atoms with E-state index in [0.717, 1.165) is 33.8 Å². The number of fused-ring (bicyclic) bond motifs is 1. The van der Waals surface area contributed by atoms with E-state index in [-0.39, 0.29) is 5.82 Å². The number of hydrazone groups is 1. The van der Waals surface area contributed by atoms with Crippen molar-refractivity contribution in [3.05, 3.63) is 89.2 Å². The average molecular weight is 417 g/mol. The number of methoxy groups -OCH3 is 1. The van der Waals surface area contributed by atoms with E-state index in [4.69, 9.17) is 14.5 Å². The second-order valence-corrected chi connectivity index (χ2v) is 7.65. The van der Waals surface area contributed by atoms with Crippen molar-refractivity contribution in [3.63, 3.8) is 0 Å². The van der Waals surface area contributed by atoms with Crippen molar-refractivity contribution in [3.8, 4) is 11.5 Å². The van der Waals surface area contributed by atoms with Crippen LogP contribution < -0.4 is 14.9 Å². The first-order chi connectivity index (χ1) is 15.0. The average Bonchev–Trinajstić information content (AvgIpc) is 2.97. The summed E-state index contributed by atoms with van der Waals surface area (Å²) in [5.41, 5.74) is 7.00. The number of ether oxygens (including phenoxy) is 2. The Kier molecular flexibility index (Phi) is 5.98. The standard InChI is InChI=1S/C25H24FN3O2/c1-16(2)15-31-20-10-6-17(7-11-20)24-22-14-21(30-3)12-13-23(22)27-25(29-28-24)18-4-8-19(26)9-5-18/h4-14,16H,15H2,1-3H3,(H,27,29). The van der Waals surface area contributed by atoms with Crippen LogP contribution in [0.4, 0.5) is 10.1 Å². The van der Waals surface area contributed by atoms with Gasteiger partial charge in [-0.2, -0.15) is 5.10 Å². The van der Waals surface area contributed by atoms with Crippen molar-refractivity contribution in [2.75, 3.05) is 13.7 Å². The molecule has 0 radical (unpaired) electrons. The molecule has 1 aliphatic rings. The first-order valence-corrected chi connectivity index (χ1v) is 10.1. The Morgan fingerprint density at radius 3 is 2.26 bits per heavy atom. The highest BCUT2D eigenvalue weighted by Crippen LogP contribution is 2.30. The molecule has 0 atom stereocenters. The van der Waals surface area contributed by atoms with Crippen LogP contribution in [0.1, 0.15) is 30.5 Å². The monoisotopic (exact) mass is 417 g/mol. The summed E-state index contributed by atoms with van der Waals surface area (Å²) in [6.07, 6.45) is 0. The molecule has 0 aliphatic carbocycles. The highest BCUT2D eigenvalue weighted by atomic mass is 19.1. The minimum Gasteiger partial charge on any atom is -0.497 e. The number of rotatable bonds is 6. The van der Waals surface area contributed by atoms with Crippen molar-refractivity contribution in [2.45, 2.75) is 13.8 Å². The molecule has 1 N–H and O–H groups in total. The summed E-state index contributed by atoms with van der Waals surface area (Å²) < 4.78 is 24.6. The van der Waals surface area contributed by atoms with E-state index in [1.54, 1.807) is 19.2 Å². The van der Waals surface area contributed by atoms with Crippen LogP contribution in [0.5, 0.6) is 11.5 Å². The predicted octanol–water partition coefficient (Wildman–Crippen LogP) is 5.30. The molecule has 1 heterocycles. The number of aliphatic imine (C=N–C) groups is 1. The van der Waals surface area contributed by atoms with Crippen LogP contribution in [-0.4, -0.2) is 25.3 Å². The minimum atomic E-state index is -0.299.